The van der Waals surface area contributed by atoms with Crippen LogP contribution < -0.4 is 10.1 Å². The van der Waals surface area contributed by atoms with Crippen LogP contribution in [-0.2, 0) is 17.6 Å². The zero-order valence-corrected chi connectivity index (χ0v) is 15.4. The van der Waals surface area contributed by atoms with Crippen molar-refractivity contribution in [2.75, 3.05) is 6.61 Å². The first-order valence-corrected chi connectivity index (χ1v) is 9.24. The number of ether oxygens (including phenoxy) is 1. The number of rotatable bonds is 4. The molecule has 2 aromatic carbocycles. The molecule has 0 bridgehead atoms. The minimum Gasteiger partial charge on any atom is -0.484 e. The molecule has 2 N–H and O–H groups in total. The highest BCUT2D eigenvalue weighted by Gasteiger charge is 2.23. The lowest BCUT2D eigenvalue weighted by Gasteiger charge is -2.23. The Balaban J connectivity index is 1.38. The molecular formula is C21H21ClN2O2. The van der Waals surface area contributed by atoms with Crippen LogP contribution >= 0.6 is 11.6 Å². The monoisotopic (exact) mass is 368 g/mol. The topological polar surface area (TPSA) is 54.1 Å². The van der Waals surface area contributed by atoms with Crippen LogP contribution in [0.5, 0.6) is 5.75 Å². The average Bonchev–Trinajstić information content (AvgIpc) is 2.98. The zero-order valence-electron chi connectivity index (χ0n) is 14.6. The first-order chi connectivity index (χ1) is 12.6. The van der Waals surface area contributed by atoms with Gasteiger partial charge in [0.05, 0.1) is 0 Å². The molecule has 3 aromatic rings. The number of H-pyrrole nitrogens is 1. The van der Waals surface area contributed by atoms with Gasteiger partial charge in [0.1, 0.15) is 5.75 Å². The maximum absolute atomic E-state index is 12.2. The molecule has 0 radical (unpaired) electrons. The fraction of sp³-hybridized carbons (Fsp3) is 0.286. The van der Waals surface area contributed by atoms with E-state index in [9.17, 15) is 4.79 Å². The number of benzene rings is 2. The van der Waals surface area contributed by atoms with Crippen LogP contribution in [0, 0.1) is 6.92 Å². The van der Waals surface area contributed by atoms with E-state index in [-0.39, 0.29) is 18.6 Å². The maximum Gasteiger partial charge on any atom is 0.258 e. The van der Waals surface area contributed by atoms with Crippen LogP contribution in [0.2, 0.25) is 5.02 Å². The summed E-state index contributed by atoms with van der Waals surface area (Å²) in [6.07, 6.45) is 2.67. The van der Waals surface area contributed by atoms with E-state index in [0.717, 1.165) is 29.8 Å². The minimum absolute atomic E-state index is 0.0376. The number of carbonyl (C=O) groups is 1. The summed E-state index contributed by atoms with van der Waals surface area (Å²) in [5.74, 6) is 0.632. The molecule has 4 nitrogen and oxygen atoms in total. The van der Waals surface area contributed by atoms with Crippen molar-refractivity contribution in [3.8, 4) is 5.75 Å². The van der Waals surface area contributed by atoms with Crippen molar-refractivity contribution in [2.24, 2.45) is 0 Å². The largest absolute Gasteiger partial charge is 0.484 e. The Morgan fingerprint density at radius 2 is 2.08 bits per heavy atom. The Hall–Kier alpha value is -2.46. The average molecular weight is 369 g/mol. The van der Waals surface area contributed by atoms with Gasteiger partial charge >= 0.3 is 0 Å². The van der Waals surface area contributed by atoms with Gasteiger partial charge in [-0.05, 0) is 56.0 Å². The van der Waals surface area contributed by atoms with Crippen molar-refractivity contribution < 1.29 is 9.53 Å². The minimum atomic E-state index is -0.0816. The number of aryl methyl sites for hydroxylation is 2. The number of hydrogen-bond donors (Lipinski definition) is 2. The van der Waals surface area contributed by atoms with Crippen molar-refractivity contribution in [3.05, 3.63) is 64.3 Å². The van der Waals surface area contributed by atoms with E-state index in [1.54, 1.807) is 0 Å². The van der Waals surface area contributed by atoms with E-state index in [1.165, 1.54) is 22.2 Å². The molecule has 5 heteroatoms. The summed E-state index contributed by atoms with van der Waals surface area (Å²) in [6.45, 7) is 2.06. The molecule has 0 saturated heterocycles. The molecule has 0 fully saturated rings. The van der Waals surface area contributed by atoms with Crippen LogP contribution in [0.25, 0.3) is 10.9 Å². The molecule has 1 heterocycles. The highest BCUT2D eigenvalue weighted by Crippen LogP contribution is 2.30. The van der Waals surface area contributed by atoms with E-state index >= 15 is 0 Å². The smallest absolute Gasteiger partial charge is 0.258 e. The Labute approximate surface area is 157 Å². The van der Waals surface area contributed by atoms with Crippen molar-refractivity contribution in [1.29, 1.82) is 0 Å². The molecule has 4 rings (SSSR count). The van der Waals surface area contributed by atoms with E-state index in [1.807, 2.05) is 43.3 Å². The second-order valence-corrected chi connectivity index (χ2v) is 7.32. The number of aromatic amines is 1. The van der Waals surface area contributed by atoms with Crippen molar-refractivity contribution in [1.82, 2.24) is 10.3 Å². The Bertz CT molecular complexity index is 947. The molecule has 26 heavy (non-hydrogen) atoms. The number of halogens is 1. The van der Waals surface area contributed by atoms with Crippen LogP contribution in [0.3, 0.4) is 0 Å². The number of nitrogens with one attached hydrogen (secondary N) is 2. The third-order valence-electron chi connectivity index (χ3n) is 4.91. The summed E-state index contributed by atoms with van der Waals surface area (Å²) in [7, 11) is 0. The molecule has 0 saturated carbocycles. The van der Waals surface area contributed by atoms with E-state index in [4.69, 9.17) is 16.3 Å². The fourth-order valence-corrected chi connectivity index (χ4v) is 3.75. The first-order valence-electron chi connectivity index (χ1n) is 8.86. The van der Waals surface area contributed by atoms with Crippen LogP contribution in [0.4, 0.5) is 0 Å². The van der Waals surface area contributed by atoms with Gasteiger partial charge in [0.15, 0.2) is 6.61 Å². The van der Waals surface area contributed by atoms with Crippen LogP contribution in [0.15, 0.2) is 42.5 Å². The van der Waals surface area contributed by atoms with Gasteiger partial charge in [0, 0.05) is 27.7 Å². The predicted octanol–water partition coefficient (Wildman–Crippen LogP) is 4.18. The Morgan fingerprint density at radius 3 is 2.88 bits per heavy atom. The number of hydrogen-bond acceptors (Lipinski definition) is 2. The van der Waals surface area contributed by atoms with Gasteiger partial charge in [-0.3, -0.25) is 4.79 Å². The van der Waals surface area contributed by atoms with Gasteiger partial charge < -0.3 is 15.0 Å². The summed E-state index contributed by atoms with van der Waals surface area (Å²) in [6, 6.07) is 13.8. The normalized spacial score (nSPS) is 16.3. The fourth-order valence-electron chi connectivity index (χ4n) is 3.57. The first kappa shape index (κ1) is 17.0. The summed E-state index contributed by atoms with van der Waals surface area (Å²) >= 11 is 6.08. The number of aromatic nitrogens is 1. The standard InChI is InChI=1S/C21H21ClN2O2/c1-13-2-6-16(7-3-13)26-12-21(25)23-15-5-9-19-18(11-15)17-8-4-14(22)10-20(17)24-19/h2-4,6-8,10,15,24H,5,9,11-12H2,1H3,(H,23,25). The molecule has 1 aliphatic carbocycles. The summed E-state index contributed by atoms with van der Waals surface area (Å²) in [5.41, 5.74) is 4.77. The molecule has 1 amide bonds. The number of amides is 1. The second-order valence-electron chi connectivity index (χ2n) is 6.88. The van der Waals surface area contributed by atoms with Crippen LogP contribution in [0.1, 0.15) is 23.2 Å². The van der Waals surface area contributed by atoms with E-state index < -0.39 is 0 Å². The second kappa shape index (κ2) is 7.04. The highest BCUT2D eigenvalue weighted by molar-refractivity contribution is 6.31. The molecule has 0 spiro atoms. The third kappa shape index (κ3) is 3.56. The van der Waals surface area contributed by atoms with Gasteiger partial charge in [0.25, 0.3) is 5.91 Å². The Morgan fingerprint density at radius 1 is 1.27 bits per heavy atom. The molecule has 0 aliphatic heterocycles. The van der Waals surface area contributed by atoms with Crippen molar-refractivity contribution >= 4 is 28.4 Å². The summed E-state index contributed by atoms with van der Waals surface area (Å²) in [5, 5.41) is 5.03. The van der Waals surface area contributed by atoms with Crippen molar-refractivity contribution in [2.45, 2.75) is 32.2 Å². The molecule has 1 aromatic heterocycles. The lowest BCUT2D eigenvalue weighted by molar-refractivity contribution is -0.123. The van der Waals surface area contributed by atoms with Gasteiger partial charge in [0.2, 0.25) is 0 Å². The van der Waals surface area contributed by atoms with Crippen LogP contribution in [-0.4, -0.2) is 23.5 Å². The lowest BCUT2D eigenvalue weighted by atomic mass is 9.91. The van der Waals surface area contributed by atoms with Gasteiger partial charge in [-0.15, -0.1) is 0 Å². The molecule has 1 aliphatic rings. The van der Waals surface area contributed by atoms with Crippen molar-refractivity contribution in [3.63, 3.8) is 0 Å². The quantitative estimate of drug-likeness (QED) is 0.725. The molecule has 1 atom stereocenters. The number of carbonyl (C=O) groups excluding carboxylic acids is 1. The molecule has 1 unspecified atom stereocenters. The summed E-state index contributed by atoms with van der Waals surface area (Å²) < 4.78 is 5.57. The highest BCUT2D eigenvalue weighted by atomic mass is 35.5. The van der Waals surface area contributed by atoms with Gasteiger partial charge in [-0.25, -0.2) is 0 Å². The van der Waals surface area contributed by atoms with Gasteiger partial charge in [-0.2, -0.15) is 0 Å². The SMILES string of the molecule is Cc1ccc(OCC(=O)NC2CCc3[nH]c4cc(Cl)ccc4c3C2)cc1. The van der Waals surface area contributed by atoms with E-state index in [2.05, 4.69) is 16.4 Å². The van der Waals surface area contributed by atoms with E-state index in [0.29, 0.717) is 5.75 Å². The lowest BCUT2D eigenvalue weighted by Crippen LogP contribution is -2.41. The number of fused-ring (bicyclic) bond motifs is 3. The zero-order chi connectivity index (χ0) is 18.1. The predicted molar refractivity (Wildman–Crippen MR) is 104 cm³/mol. The third-order valence-corrected chi connectivity index (χ3v) is 5.14. The maximum atomic E-state index is 12.2. The Kier molecular flexibility index (Phi) is 4.60. The van der Waals surface area contributed by atoms with Gasteiger partial charge in [-0.1, -0.05) is 35.4 Å². The molecular weight excluding hydrogens is 348 g/mol. The molecule has 134 valence electrons. The summed E-state index contributed by atoms with van der Waals surface area (Å²) in [4.78, 5) is 15.7.